The first-order valence-corrected chi connectivity index (χ1v) is 17.4. The molecule has 1 aliphatic heterocycles. The molecule has 240 valence electrons. The Hall–Kier alpha value is -4.05. The van der Waals surface area contributed by atoms with E-state index >= 15 is 0 Å². The van der Waals surface area contributed by atoms with E-state index in [4.69, 9.17) is 9.47 Å². The zero-order chi connectivity index (χ0) is 31.8. The standard InChI is InChI=1S/C35H43N3O6S/c1-3-45(41,42)38(30-18-19-32-33(23-30)44-21-20-43-32)25-34(39)37(24-28-16-14-26(2)15-17-28)31(22-27-10-6-4-7-11-27)35(40)36-29-12-8-5-9-13-29/h4,6-7,10-11,14-19,23,29,31H,3,5,8-9,12-13,20-22,24-25H2,1-2H3,(H,36,40)/t31-/m0/s1. The van der Waals surface area contributed by atoms with Gasteiger partial charge in [-0.2, -0.15) is 0 Å². The van der Waals surface area contributed by atoms with Crippen molar-refractivity contribution in [3.63, 3.8) is 0 Å². The molecular formula is C35H43N3O6S. The number of sulfonamides is 1. The molecule has 9 nitrogen and oxygen atoms in total. The van der Waals surface area contributed by atoms with Gasteiger partial charge in [-0.05, 0) is 49.9 Å². The van der Waals surface area contributed by atoms with E-state index < -0.39 is 28.5 Å². The van der Waals surface area contributed by atoms with Crippen LogP contribution in [0.25, 0.3) is 0 Å². The molecule has 0 spiro atoms. The van der Waals surface area contributed by atoms with Crippen molar-refractivity contribution in [2.75, 3.05) is 29.8 Å². The summed E-state index contributed by atoms with van der Waals surface area (Å²) in [5.74, 6) is 0.0430. The Bertz CT molecular complexity index is 1560. The molecule has 2 aliphatic rings. The molecule has 0 saturated heterocycles. The second-order valence-corrected chi connectivity index (χ2v) is 14.0. The lowest BCUT2D eigenvalue weighted by Gasteiger charge is -2.35. The quantitative estimate of drug-likeness (QED) is 0.301. The Labute approximate surface area is 266 Å². The van der Waals surface area contributed by atoms with Crippen LogP contribution in [0, 0.1) is 6.92 Å². The Morgan fingerprint density at radius 1 is 0.889 bits per heavy atom. The van der Waals surface area contributed by atoms with Gasteiger partial charge in [0.2, 0.25) is 21.8 Å². The molecule has 0 unspecified atom stereocenters. The minimum Gasteiger partial charge on any atom is -0.486 e. The van der Waals surface area contributed by atoms with E-state index in [-0.39, 0.29) is 24.2 Å². The maximum Gasteiger partial charge on any atom is 0.244 e. The number of nitrogens with zero attached hydrogens (tertiary/aromatic N) is 2. The fraction of sp³-hybridized carbons (Fsp3) is 0.429. The zero-order valence-electron chi connectivity index (χ0n) is 26.1. The number of anilines is 1. The predicted molar refractivity (Wildman–Crippen MR) is 175 cm³/mol. The van der Waals surface area contributed by atoms with E-state index in [9.17, 15) is 18.0 Å². The maximum absolute atomic E-state index is 14.5. The molecule has 2 amide bonds. The van der Waals surface area contributed by atoms with Gasteiger partial charge in [0.15, 0.2) is 11.5 Å². The normalized spacial score (nSPS) is 15.6. The van der Waals surface area contributed by atoms with E-state index in [0.717, 1.165) is 53.1 Å². The van der Waals surface area contributed by atoms with Crippen LogP contribution in [0.3, 0.4) is 0 Å². The summed E-state index contributed by atoms with van der Waals surface area (Å²) in [4.78, 5) is 30.1. The molecule has 1 saturated carbocycles. The molecule has 0 bridgehead atoms. The van der Waals surface area contributed by atoms with Crippen LogP contribution in [0.15, 0.2) is 72.8 Å². The number of carbonyl (C=O) groups is 2. The first-order chi connectivity index (χ1) is 21.7. The number of hydrogen-bond donors (Lipinski definition) is 1. The van der Waals surface area contributed by atoms with Gasteiger partial charge in [-0.15, -0.1) is 0 Å². The van der Waals surface area contributed by atoms with Crippen molar-refractivity contribution in [1.29, 1.82) is 0 Å². The summed E-state index contributed by atoms with van der Waals surface area (Å²) in [6.45, 7) is 3.96. The Kier molecular flexibility index (Phi) is 10.7. The van der Waals surface area contributed by atoms with Gasteiger partial charge in [0.05, 0.1) is 11.4 Å². The van der Waals surface area contributed by atoms with Crippen LogP contribution in [0.1, 0.15) is 55.7 Å². The Balaban J connectivity index is 1.51. The fourth-order valence-corrected chi connectivity index (χ4v) is 6.95. The number of rotatable bonds is 12. The second kappa shape index (κ2) is 14.8. The third-order valence-electron chi connectivity index (χ3n) is 8.49. The molecule has 0 aromatic heterocycles. The number of aryl methyl sites for hydroxylation is 1. The molecule has 3 aromatic rings. The van der Waals surface area contributed by atoms with E-state index in [2.05, 4.69) is 5.32 Å². The summed E-state index contributed by atoms with van der Waals surface area (Å²) in [5, 5.41) is 3.23. The predicted octanol–water partition coefficient (Wildman–Crippen LogP) is 5.01. The smallest absolute Gasteiger partial charge is 0.244 e. The van der Waals surface area contributed by atoms with Gasteiger partial charge < -0.3 is 19.7 Å². The first-order valence-electron chi connectivity index (χ1n) is 15.8. The van der Waals surface area contributed by atoms with Crippen LogP contribution in [-0.4, -0.2) is 62.7 Å². The van der Waals surface area contributed by atoms with Crippen molar-refractivity contribution in [1.82, 2.24) is 10.2 Å². The van der Waals surface area contributed by atoms with Crippen molar-refractivity contribution in [2.24, 2.45) is 0 Å². The SMILES string of the molecule is CCS(=O)(=O)N(CC(=O)N(Cc1ccc(C)cc1)[C@@H](Cc1ccccc1)C(=O)NC1CCCCC1)c1ccc2c(c1)OCCO2. The summed E-state index contributed by atoms with van der Waals surface area (Å²) in [5.41, 5.74) is 3.14. The number of amides is 2. The van der Waals surface area contributed by atoms with Crippen molar-refractivity contribution in [3.8, 4) is 11.5 Å². The van der Waals surface area contributed by atoms with Gasteiger partial charge in [0, 0.05) is 25.1 Å². The van der Waals surface area contributed by atoms with Gasteiger partial charge >= 0.3 is 0 Å². The number of hydrogen-bond acceptors (Lipinski definition) is 6. The minimum absolute atomic E-state index is 0.0514. The van der Waals surface area contributed by atoms with Crippen molar-refractivity contribution in [3.05, 3.63) is 89.5 Å². The highest BCUT2D eigenvalue weighted by atomic mass is 32.2. The molecule has 1 heterocycles. The fourth-order valence-electron chi connectivity index (χ4n) is 5.90. The number of fused-ring (bicyclic) bond motifs is 1. The van der Waals surface area contributed by atoms with Crippen molar-refractivity contribution >= 4 is 27.5 Å². The summed E-state index contributed by atoms with van der Waals surface area (Å²) in [6, 6.07) is 21.5. The monoisotopic (exact) mass is 633 g/mol. The molecule has 3 aromatic carbocycles. The van der Waals surface area contributed by atoms with Crippen LogP contribution >= 0.6 is 0 Å². The molecule has 1 fully saturated rings. The van der Waals surface area contributed by atoms with Crippen molar-refractivity contribution in [2.45, 2.75) is 71.0 Å². The summed E-state index contributed by atoms with van der Waals surface area (Å²) < 4.78 is 39.4. The van der Waals surface area contributed by atoms with E-state index in [1.54, 1.807) is 30.0 Å². The lowest BCUT2D eigenvalue weighted by Crippen LogP contribution is -2.55. The number of ether oxygens (including phenoxy) is 2. The maximum atomic E-state index is 14.5. The summed E-state index contributed by atoms with van der Waals surface area (Å²) in [7, 11) is -3.89. The van der Waals surface area contributed by atoms with Crippen molar-refractivity contribution < 1.29 is 27.5 Å². The lowest BCUT2D eigenvalue weighted by atomic mass is 9.94. The number of carbonyl (C=O) groups excluding carboxylic acids is 2. The molecule has 10 heteroatoms. The molecule has 1 aliphatic carbocycles. The Morgan fingerprint density at radius 2 is 1.58 bits per heavy atom. The van der Waals surface area contributed by atoms with Gasteiger partial charge in [0.25, 0.3) is 0 Å². The highest BCUT2D eigenvalue weighted by Crippen LogP contribution is 2.35. The van der Waals surface area contributed by atoms with Crippen LogP contribution in [0.2, 0.25) is 0 Å². The van der Waals surface area contributed by atoms with Crippen LogP contribution in [-0.2, 0) is 32.6 Å². The summed E-state index contributed by atoms with van der Waals surface area (Å²) in [6.07, 6.45) is 5.37. The first kappa shape index (κ1) is 32.3. The average molecular weight is 634 g/mol. The van der Waals surface area contributed by atoms with Crippen LogP contribution in [0.4, 0.5) is 5.69 Å². The third-order valence-corrected chi connectivity index (χ3v) is 10.2. The molecule has 45 heavy (non-hydrogen) atoms. The third kappa shape index (κ3) is 8.36. The topological polar surface area (TPSA) is 105 Å². The molecular weight excluding hydrogens is 590 g/mol. The van der Waals surface area contributed by atoms with Gasteiger partial charge in [-0.1, -0.05) is 79.4 Å². The molecule has 1 N–H and O–H groups in total. The van der Waals surface area contributed by atoms with E-state index in [1.807, 2.05) is 61.5 Å². The molecule has 0 radical (unpaired) electrons. The van der Waals surface area contributed by atoms with E-state index in [1.165, 1.54) is 0 Å². The second-order valence-electron chi connectivity index (χ2n) is 11.8. The zero-order valence-corrected chi connectivity index (χ0v) is 26.9. The summed E-state index contributed by atoms with van der Waals surface area (Å²) >= 11 is 0. The molecule has 1 atom stereocenters. The number of benzene rings is 3. The number of nitrogens with one attached hydrogen (secondary N) is 1. The largest absolute Gasteiger partial charge is 0.486 e. The van der Waals surface area contributed by atoms with Gasteiger partial charge in [-0.3, -0.25) is 13.9 Å². The van der Waals surface area contributed by atoms with E-state index in [0.29, 0.717) is 36.8 Å². The van der Waals surface area contributed by atoms with Gasteiger partial charge in [-0.25, -0.2) is 8.42 Å². The average Bonchev–Trinajstić information content (AvgIpc) is 3.06. The van der Waals surface area contributed by atoms with Crippen LogP contribution in [0.5, 0.6) is 11.5 Å². The van der Waals surface area contributed by atoms with Gasteiger partial charge in [0.1, 0.15) is 25.8 Å². The molecule has 5 rings (SSSR count). The minimum atomic E-state index is -3.89. The highest BCUT2D eigenvalue weighted by Gasteiger charge is 2.35. The highest BCUT2D eigenvalue weighted by molar-refractivity contribution is 7.92. The Morgan fingerprint density at radius 3 is 2.27 bits per heavy atom. The van der Waals surface area contributed by atoms with Crippen LogP contribution < -0.4 is 19.1 Å². The lowest BCUT2D eigenvalue weighted by molar-refractivity contribution is -0.140.